The fraction of sp³-hybridized carbons (Fsp3) is 0.364. The summed E-state index contributed by atoms with van der Waals surface area (Å²) in [6.07, 6.45) is 20.4. The van der Waals surface area contributed by atoms with Crippen molar-refractivity contribution in [3.05, 3.63) is 59.5 Å². The van der Waals surface area contributed by atoms with Gasteiger partial charge in [-0.3, -0.25) is 9.89 Å². The molecule has 1 fully saturated rings. The Morgan fingerprint density at radius 1 is 1.46 bits per heavy atom. The molecule has 1 aromatic rings. The van der Waals surface area contributed by atoms with Crippen molar-refractivity contribution in [1.29, 1.82) is 0 Å². The van der Waals surface area contributed by atoms with Crippen LogP contribution in [0.2, 0.25) is 0 Å². The van der Waals surface area contributed by atoms with Gasteiger partial charge in [-0.15, -0.1) is 6.42 Å². The van der Waals surface area contributed by atoms with Gasteiger partial charge in [-0.05, 0) is 25.7 Å². The van der Waals surface area contributed by atoms with E-state index in [0.717, 1.165) is 49.1 Å². The number of aliphatic imine (C=N–C) groups is 1. The molecule has 2 aliphatic heterocycles. The molecule has 1 unspecified atom stereocenters. The first-order valence-corrected chi connectivity index (χ1v) is 9.77. The third-order valence-electron chi connectivity index (χ3n) is 5.24. The van der Waals surface area contributed by atoms with Crippen molar-refractivity contribution in [3.63, 3.8) is 0 Å². The van der Waals surface area contributed by atoms with Gasteiger partial charge in [-0.2, -0.15) is 0 Å². The number of rotatable bonds is 5. The van der Waals surface area contributed by atoms with E-state index in [1.807, 2.05) is 37.7 Å². The van der Waals surface area contributed by atoms with Crippen molar-refractivity contribution in [3.8, 4) is 12.3 Å². The monoisotopic (exact) mass is 398 g/mol. The second-order valence-corrected chi connectivity index (χ2v) is 7.34. The smallest absolute Gasteiger partial charge is 0.0956 e. The summed E-state index contributed by atoms with van der Waals surface area (Å²) >= 11 is 5.92. The van der Waals surface area contributed by atoms with Gasteiger partial charge >= 0.3 is 0 Å². The van der Waals surface area contributed by atoms with Crippen LogP contribution in [-0.2, 0) is 0 Å². The van der Waals surface area contributed by atoms with Gasteiger partial charge in [0.1, 0.15) is 0 Å². The first-order valence-electron chi connectivity index (χ1n) is 9.39. The van der Waals surface area contributed by atoms with E-state index in [-0.39, 0.29) is 6.04 Å². The molecule has 0 aromatic carbocycles. The first kappa shape index (κ1) is 20.3. The highest BCUT2D eigenvalue weighted by Gasteiger charge is 2.38. The van der Waals surface area contributed by atoms with Crippen LogP contribution in [-0.4, -0.2) is 40.4 Å². The Hall–Kier alpha value is -2.42. The van der Waals surface area contributed by atoms with Gasteiger partial charge in [-0.1, -0.05) is 35.7 Å². The summed E-state index contributed by atoms with van der Waals surface area (Å²) in [4.78, 5) is 10.9. The number of piperidine rings is 1. The minimum atomic E-state index is -0.00216. The van der Waals surface area contributed by atoms with E-state index >= 15 is 0 Å². The minimum absolute atomic E-state index is 0.00216. The predicted molar refractivity (Wildman–Crippen MR) is 114 cm³/mol. The number of halogens is 2. The van der Waals surface area contributed by atoms with Crippen LogP contribution in [0.15, 0.2) is 58.8 Å². The lowest BCUT2D eigenvalue weighted by Crippen LogP contribution is -2.36. The predicted octanol–water partition coefficient (Wildman–Crippen LogP) is 4.75. The van der Waals surface area contributed by atoms with Crippen molar-refractivity contribution in [1.82, 2.24) is 14.5 Å². The fourth-order valence-corrected chi connectivity index (χ4v) is 4.07. The Labute approximate surface area is 170 Å². The number of imidazole rings is 1. The summed E-state index contributed by atoms with van der Waals surface area (Å²) in [5.74, 6) is 2.73. The van der Waals surface area contributed by atoms with Crippen molar-refractivity contribution >= 4 is 23.4 Å². The van der Waals surface area contributed by atoms with Crippen molar-refractivity contribution in [2.45, 2.75) is 25.8 Å². The van der Waals surface area contributed by atoms with Crippen LogP contribution in [0, 0.1) is 18.3 Å². The Balaban J connectivity index is 1.68. The zero-order valence-corrected chi connectivity index (χ0v) is 16.7. The molecule has 0 spiro atoms. The highest BCUT2D eigenvalue weighted by molar-refractivity contribution is 6.39. The lowest BCUT2D eigenvalue weighted by atomic mass is 9.85. The SMILES string of the molecule is C#C/C=C(Cl)\C=N/CN1CCC(C2C(=C\F)/C(=C\C=C/C)c3cncn32)CC1. The summed E-state index contributed by atoms with van der Waals surface area (Å²) in [6, 6.07) is -0.00216. The molecule has 2 aliphatic rings. The molecule has 1 saturated heterocycles. The molecule has 0 radical (unpaired) electrons. The van der Waals surface area contributed by atoms with E-state index in [0.29, 0.717) is 17.6 Å². The first-order chi connectivity index (χ1) is 13.7. The van der Waals surface area contributed by atoms with Gasteiger partial charge < -0.3 is 4.57 Å². The molecular formula is C22H24ClFN4. The van der Waals surface area contributed by atoms with Crippen molar-refractivity contribution < 1.29 is 4.39 Å². The maximum atomic E-state index is 13.9. The summed E-state index contributed by atoms with van der Waals surface area (Å²) < 4.78 is 16.0. The molecule has 0 amide bonds. The number of hydrogen-bond acceptors (Lipinski definition) is 3. The molecule has 0 N–H and O–H groups in total. The minimum Gasteiger partial charge on any atom is -0.323 e. The van der Waals surface area contributed by atoms with Crippen LogP contribution in [0.25, 0.3) is 5.57 Å². The van der Waals surface area contributed by atoms with Crippen LogP contribution >= 0.6 is 11.6 Å². The van der Waals surface area contributed by atoms with Gasteiger partial charge in [0.25, 0.3) is 0 Å². The van der Waals surface area contributed by atoms with E-state index in [1.165, 1.54) is 6.08 Å². The number of likely N-dealkylation sites (tertiary alicyclic amines) is 1. The molecule has 28 heavy (non-hydrogen) atoms. The number of nitrogens with zero attached hydrogens (tertiary/aromatic N) is 4. The lowest BCUT2D eigenvalue weighted by molar-refractivity contribution is 0.165. The standard InChI is InChI=1S/C22H24ClFN4/c1-3-5-7-19-20(12-24)22(28-16-26-14-21(19)28)17-8-10-27(11-9-17)15-25-13-18(23)6-4-2/h2-3,5-7,12-14,16-17,22H,8-11,15H2,1H3/b5-3-,18-6+,19-7+,20-12-,25-13-. The second-order valence-electron chi connectivity index (χ2n) is 6.91. The molecule has 146 valence electrons. The van der Waals surface area contributed by atoms with Crippen molar-refractivity contribution in [2.24, 2.45) is 10.9 Å². The van der Waals surface area contributed by atoms with E-state index in [2.05, 4.69) is 25.4 Å². The fourth-order valence-electron chi connectivity index (χ4n) is 3.94. The summed E-state index contributed by atoms with van der Waals surface area (Å²) in [6.45, 7) is 4.35. The second kappa shape index (κ2) is 9.68. The Morgan fingerprint density at radius 3 is 2.93 bits per heavy atom. The Bertz CT molecular complexity index is 877. The van der Waals surface area contributed by atoms with E-state index < -0.39 is 0 Å². The quantitative estimate of drug-likeness (QED) is 0.530. The molecule has 3 heterocycles. The molecule has 4 nitrogen and oxygen atoms in total. The maximum absolute atomic E-state index is 13.9. The molecule has 0 bridgehead atoms. The number of fused-ring (bicyclic) bond motifs is 1. The highest BCUT2D eigenvalue weighted by atomic mass is 35.5. The topological polar surface area (TPSA) is 33.4 Å². The summed E-state index contributed by atoms with van der Waals surface area (Å²) in [7, 11) is 0. The normalized spacial score (nSPS) is 24.6. The molecular weight excluding hydrogens is 375 g/mol. The van der Waals surface area contributed by atoms with Gasteiger partial charge in [0.15, 0.2) is 0 Å². The molecule has 1 aromatic heterocycles. The van der Waals surface area contributed by atoms with Crippen LogP contribution in [0.4, 0.5) is 4.39 Å². The van der Waals surface area contributed by atoms with E-state index in [4.69, 9.17) is 18.0 Å². The number of allylic oxidation sites excluding steroid dienone is 7. The van der Waals surface area contributed by atoms with Crippen LogP contribution in [0.3, 0.4) is 0 Å². The van der Waals surface area contributed by atoms with Crippen LogP contribution in [0.5, 0.6) is 0 Å². The van der Waals surface area contributed by atoms with Gasteiger partial charge in [0, 0.05) is 36.5 Å². The molecule has 0 aliphatic carbocycles. The van der Waals surface area contributed by atoms with Crippen molar-refractivity contribution in [2.75, 3.05) is 19.8 Å². The van der Waals surface area contributed by atoms with E-state index in [1.54, 1.807) is 6.21 Å². The molecule has 1 atom stereocenters. The molecule has 3 rings (SSSR count). The van der Waals surface area contributed by atoms with Gasteiger partial charge in [-0.25, -0.2) is 9.37 Å². The summed E-state index contributed by atoms with van der Waals surface area (Å²) in [5, 5.41) is 0.453. The summed E-state index contributed by atoms with van der Waals surface area (Å²) in [5.41, 5.74) is 2.65. The third-order valence-corrected chi connectivity index (χ3v) is 5.45. The third kappa shape index (κ3) is 4.35. The maximum Gasteiger partial charge on any atom is 0.0956 e. The molecule has 0 saturated carbocycles. The Morgan fingerprint density at radius 2 is 2.25 bits per heavy atom. The zero-order valence-electron chi connectivity index (χ0n) is 15.9. The Kier molecular flexibility index (Phi) is 7.02. The van der Waals surface area contributed by atoms with Gasteiger partial charge in [0.2, 0.25) is 0 Å². The lowest BCUT2D eigenvalue weighted by Gasteiger charge is -2.34. The largest absolute Gasteiger partial charge is 0.323 e. The number of hydrogen-bond donors (Lipinski definition) is 0. The van der Waals surface area contributed by atoms with Crippen LogP contribution in [0.1, 0.15) is 31.5 Å². The average Bonchev–Trinajstić information content (AvgIpc) is 3.27. The number of aromatic nitrogens is 2. The van der Waals surface area contributed by atoms with E-state index in [9.17, 15) is 4.39 Å². The number of terminal acetylenes is 1. The van der Waals surface area contributed by atoms with Gasteiger partial charge in [0.05, 0.1) is 42.3 Å². The highest BCUT2D eigenvalue weighted by Crippen LogP contribution is 2.46. The zero-order chi connectivity index (χ0) is 19.9. The van der Waals surface area contributed by atoms with Crippen LogP contribution < -0.4 is 0 Å². The molecule has 6 heteroatoms. The average molecular weight is 399 g/mol.